The van der Waals surface area contributed by atoms with Crippen LogP contribution in [0.2, 0.25) is 0 Å². The van der Waals surface area contributed by atoms with Crippen LogP contribution in [0.25, 0.3) is 10.8 Å². The second kappa shape index (κ2) is 9.26. The van der Waals surface area contributed by atoms with Gasteiger partial charge in [-0.3, -0.25) is 9.79 Å². The molecule has 6 N–H and O–H groups in total. The summed E-state index contributed by atoms with van der Waals surface area (Å²) in [5, 5.41) is 13.5. The highest BCUT2D eigenvalue weighted by atomic mass is 16.5. The van der Waals surface area contributed by atoms with Crippen molar-refractivity contribution in [3.8, 4) is 5.75 Å². The summed E-state index contributed by atoms with van der Waals surface area (Å²) < 4.78 is 5.56. The lowest BCUT2D eigenvalue weighted by Crippen LogP contribution is -2.43. The highest BCUT2D eigenvalue weighted by Gasteiger charge is 2.19. The first-order valence-electron chi connectivity index (χ1n) is 8.15. The molecule has 0 spiro atoms. The van der Waals surface area contributed by atoms with Crippen LogP contribution < -0.4 is 21.5 Å². The van der Waals surface area contributed by atoms with E-state index in [4.69, 9.17) is 16.2 Å². The van der Waals surface area contributed by atoms with Crippen molar-refractivity contribution in [3.63, 3.8) is 0 Å². The highest BCUT2D eigenvalue weighted by molar-refractivity contribution is 5.89. The Balaban J connectivity index is 1.89. The normalized spacial score (nSPS) is 11.5. The Kier molecular flexibility index (Phi) is 6.78. The maximum absolute atomic E-state index is 12.0. The van der Waals surface area contributed by atoms with Crippen molar-refractivity contribution in [2.75, 3.05) is 13.2 Å². The minimum Gasteiger partial charge on any atom is -0.483 e. The molecule has 2 aromatic rings. The first-order chi connectivity index (χ1) is 12.5. The van der Waals surface area contributed by atoms with Crippen LogP contribution in [-0.2, 0) is 9.59 Å². The van der Waals surface area contributed by atoms with Gasteiger partial charge in [0.25, 0.3) is 5.91 Å². The summed E-state index contributed by atoms with van der Waals surface area (Å²) in [4.78, 5) is 27.1. The van der Waals surface area contributed by atoms with Crippen molar-refractivity contribution in [2.24, 2.45) is 16.5 Å². The van der Waals surface area contributed by atoms with Gasteiger partial charge in [0.1, 0.15) is 11.8 Å². The van der Waals surface area contributed by atoms with Crippen LogP contribution in [0.15, 0.2) is 47.5 Å². The third-order valence-electron chi connectivity index (χ3n) is 3.69. The molecule has 0 aliphatic rings. The number of nitrogens with one attached hydrogen (secondary N) is 1. The maximum atomic E-state index is 12.0. The van der Waals surface area contributed by atoms with Crippen LogP contribution in [-0.4, -0.2) is 42.1 Å². The van der Waals surface area contributed by atoms with Gasteiger partial charge in [0.2, 0.25) is 0 Å². The summed E-state index contributed by atoms with van der Waals surface area (Å²) in [7, 11) is 0. The molecule has 8 nitrogen and oxygen atoms in total. The van der Waals surface area contributed by atoms with E-state index in [1.807, 2.05) is 36.4 Å². The number of rotatable bonds is 9. The fourth-order valence-electron chi connectivity index (χ4n) is 2.46. The fourth-order valence-corrected chi connectivity index (χ4v) is 2.46. The average molecular weight is 358 g/mol. The minimum atomic E-state index is -1.12. The van der Waals surface area contributed by atoms with E-state index in [9.17, 15) is 14.7 Å². The van der Waals surface area contributed by atoms with Gasteiger partial charge in [-0.2, -0.15) is 0 Å². The lowest BCUT2D eigenvalue weighted by atomic mass is 10.1. The number of hydrogen-bond acceptors (Lipinski definition) is 4. The van der Waals surface area contributed by atoms with Gasteiger partial charge in [-0.25, -0.2) is 4.79 Å². The molecule has 0 saturated carbocycles. The van der Waals surface area contributed by atoms with Gasteiger partial charge in [-0.15, -0.1) is 0 Å². The molecule has 2 rings (SSSR count). The number of aliphatic imine (C=N–C) groups is 1. The second-order valence-corrected chi connectivity index (χ2v) is 5.67. The standard InChI is InChI=1S/C18H22N4O4/c19-18(20)21-10-4-8-14(17(24)25)22-16(23)11-26-15-9-3-6-12-5-1-2-7-13(12)15/h1-3,5-7,9,14H,4,8,10-11H2,(H,22,23)(H,24,25)(H4,19,20,21). The molecule has 0 fully saturated rings. The lowest BCUT2D eigenvalue weighted by molar-refractivity contribution is -0.142. The molecule has 26 heavy (non-hydrogen) atoms. The number of aliphatic carboxylic acids is 1. The third kappa shape index (κ3) is 5.66. The van der Waals surface area contributed by atoms with Gasteiger partial charge in [-0.05, 0) is 24.3 Å². The van der Waals surface area contributed by atoms with E-state index in [0.29, 0.717) is 18.7 Å². The van der Waals surface area contributed by atoms with Crippen LogP contribution >= 0.6 is 0 Å². The number of carboxylic acid groups (broad SMARTS) is 1. The van der Waals surface area contributed by atoms with Crippen molar-refractivity contribution in [2.45, 2.75) is 18.9 Å². The molecule has 1 amide bonds. The van der Waals surface area contributed by atoms with E-state index < -0.39 is 17.9 Å². The van der Waals surface area contributed by atoms with E-state index in [-0.39, 0.29) is 19.0 Å². The van der Waals surface area contributed by atoms with Crippen LogP contribution in [0.4, 0.5) is 0 Å². The van der Waals surface area contributed by atoms with E-state index in [2.05, 4.69) is 10.3 Å². The number of fused-ring (bicyclic) bond motifs is 1. The van der Waals surface area contributed by atoms with Gasteiger partial charge in [0.15, 0.2) is 12.6 Å². The average Bonchev–Trinajstić information content (AvgIpc) is 2.62. The number of hydrogen-bond donors (Lipinski definition) is 4. The molecule has 0 saturated heterocycles. The molecule has 0 aliphatic carbocycles. The molecule has 0 heterocycles. The number of ether oxygens (including phenoxy) is 1. The van der Waals surface area contributed by atoms with Crippen molar-refractivity contribution in [1.29, 1.82) is 0 Å². The molecule has 138 valence electrons. The summed E-state index contributed by atoms with van der Waals surface area (Å²) >= 11 is 0. The smallest absolute Gasteiger partial charge is 0.326 e. The molecule has 8 heteroatoms. The molecule has 0 radical (unpaired) electrons. The first-order valence-corrected chi connectivity index (χ1v) is 8.15. The zero-order valence-electron chi connectivity index (χ0n) is 14.2. The Morgan fingerprint density at radius 2 is 1.88 bits per heavy atom. The van der Waals surface area contributed by atoms with Gasteiger partial charge in [0, 0.05) is 11.9 Å². The number of nitrogens with two attached hydrogens (primary N) is 2. The van der Waals surface area contributed by atoms with Crippen LogP contribution in [0.5, 0.6) is 5.75 Å². The van der Waals surface area contributed by atoms with E-state index in [1.165, 1.54) is 0 Å². The summed E-state index contributed by atoms with van der Waals surface area (Å²) in [5.41, 5.74) is 10.4. The molecule has 1 unspecified atom stereocenters. The molecule has 0 bridgehead atoms. The zero-order chi connectivity index (χ0) is 18.9. The maximum Gasteiger partial charge on any atom is 0.326 e. The number of carbonyl (C=O) groups is 2. The van der Waals surface area contributed by atoms with Crippen molar-refractivity contribution >= 4 is 28.6 Å². The van der Waals surface area contributed by atoms with Gasteiger partial charge in [-0.1, -0.05) is 36.4 Å². The Morgan fingerprint density at radius 3 is 2.62 bits per heavy atom. The summed E-state index contributed by atoms with van der Waals surface area (Å²) in [5.74, 6) is -1.11. The monoisotopic (exact) mass is 358 g/mol. The van der Waals surface area contributed by atoms with Crippen LogP contribution in [0.3, 0.4) is 0 Å². The number of carbonyl (C=O) groups excluding carboxylic acids is 1. The number of carboxylic acids is 1. The lowest BCUT2D eigenvalue weighted by Gasteiger charge is -2.15. The topological polar surface area (TPSA) is 140 Å². The molecular weight excluding hydrogens is 336 g/mol. The second-order valence-electron chi connectivity index (χ2n) is 5.67. The molecule has 2 aromatic carbocycles. The SMILES string of the molecule is NC(N)=NCCCC(NC(=O)COc1cccc2ccccc12)C(=O)O. The largest absolute Gasteiger partial charge is 0.483 e. The number of amides is 1. The number of benzene rings is 2. The third-order valence-corrected chi connectivity index (χ3v) is 3.69. The number of nitrogens with zero attached hydrogens (tertiary/aromatic N) is 1. The van der Waals surface area contributed by atoms with Crippen molar-refractivity contribution in [1.82, 2.24) is 5.32 Å². The molecule has 1 atom stereocenters. The van der Waals surface area contributed by atoms with Crippen molar-refractivity contribution < 1.29 is 19.4 Å². The molecule has 0 aliphatic heterocycles. The van der Waals surface area contributed by atoms with Gasteiger partial charge in [0.05, 0.1) is 0 Å². The van der Waals surface area contributed by atoms with Gasteiger partial charge >= 0.3 is 5.97 Å². The Bertz CT molecular complexity index is 797. The quantitative estimate of drug-likeness (QED) is 0.297. The Labute approximate surface area is 150 Å². The van der Waals surface area contributed by atoms with E-state index in [0.717, 1.165) is 10.8 Å². The summed E-state index contributed by atoms with van der Waals surface area (Å²) in [6.45, 7) is 0.0280. The van der Waals surface area contributed by atoms with Gasteiger partial charge < -0.3 is 26.6 Å². The minimum absolute atomic E-state index is 0.0515. The van der Waals surface area contributed by atoms with Crippen LogP contribution in [0.1, 0.15) is 12.8 Å². The Hall–Kier alpha value is -3.29. The highest BCUT2D eigenvalue weighted by Crippen LogP contribution is 2.24. The number of guanidine groups is 1. The molecule has 0 aromatic heterocycles. The first kappa shape index (κ1) is 19.0. The summed E-state index contributed by atoms with van der Waals surface area (Å²) in [6.07, 6.45) is 0.644. The fraction of sp³-hybridized carbons (Fsp3) is 0.278. The summed E-state index contributed by atoms with van der Waals surface area (Å²) in [6, 6.07) is 12.2. The Morgan fingerprint density at radius 1 is 1.15 bits per heavy atom. The predicted molar refractivity (Wildman–Crippen MR) is 98.9 cm³/mol. The van der Waals surface area contributed by atoms with Crippen LogP contribution in [0, 0.1) is 0 Å². The van der Waals surface area contributed by atoms with E-state index in [1.54, 1.807) is 6.07 Å². The van der Waals surface area contributed by atoms with Crippen molar-refractivity contribution in [3.05, 3.63) is 42.5 Å². The van der Waals surface area contributed by atoms with E-state index >= 15 is 0 Å². The molecular formula is C18H22N4O4. The zero-order valence-corrected chi connectivity index (χ0v) is 14.2. The predicted octanol–water partition coefficient (Wildman–Crippen LogP) is 0.842.